The summed E-state index contributed by atoms with van der Waals surface area (Å²) >= 11 is 17.4. The number of halogens is 3. The molecule has 0 bridgehead atoms. The molecule has 6 unspecified atom stereocenters. The van der Waals surface area contributed by atoms with Gasteiger partial charge in [0.15, 0.2) is 9.75 Å². The number of rotatable bonds is 3. The number of hydrogen-bond acceptors (Lipinski definition) is 6. The average molecular weight is 572 g/mol. The number of alkyl halides is 3. The molecule has 0 radical (unpaired) electrons. The molecule has 0 spiro atoms. The summed E-state index contributed by atoms with van der Waals surface area (Å²) in [5.74, 6) is -4.49. The van der Waals surface area contributed by atoms with Gasteiger partial charge in [0.25, 0.3) is 11.8 Å². The van der Waals surface area contributed by atoms with Crippen molar-refractivity contribution >= 4 is 62.8 Å². The van der Waals surface area contributed by atoms with Gasteiger partial charge >= 0.3 is 0 Å². The van der Waals surface area contributed by atoms with Gasteiger partial charge in [0.2, 0.25) is 11.8 Å². The van der Waals surface area contributed by atoms with Gasteiger partial charge in [-0.15, -0.1) is 23.2 Å². The van der Waals surface area contributed by atoms with E-state index >= 15 is 0 Å². The number of benzene rings is 1. The minimum atomic E-state index is -1.91. The van der Waals surface area contributed by atoms with Crippen LogP contribution in [0.1, 0.15) is 24.3 Å². The molecule has 1 saturated carbocycles. The molecule has 1 aromatic carbocycles. The molecule has 2 aliphatic carbocycles. The van der Waals surface area contributed by atoms with Crippen molar-refractivity contribution in [3.8, 4) is 11.5 Å². The molecule has 2 aliphatic heterocycles. The largest absolute Gasteiger partial charge is 0.508 e. The summed E-state index contributed by atoms with van der Waals surface area (Å²) in [7, 11) is 2.87. The Bertz CT molecular complexity index is 1190. The maximum Gasteiger partial charge on any atom is 0.254 e. The molecule has 4 aliphatic rings. The summed E-state index contributed by atoms with van der Waals surface area (Å²) in [5, 5.41) is 10.0. The number of imide groups is 2. The van der Waals surface area contributed by atoms with Crippen LogP contribution in [0.5, 0.6) is 11.5 Å². The molecule has 2 saturated heterocycles. The first-order valence-electron chi connectivity index (χ1n) is 10.7. The number of fused-ring (bicyclic) bond motifs is 4. The van der Waals surface area contributed by atoms with Gasteiger partial charge in [0.05, 0.1) is 24.4 Å². The van der Waals surface area contributed by atoms with Gasteiger partial charge in [-0.2, -0.15) is 0 Å². The number of ether oxygens (including phenoxy) is 1. The molecular formula is C23H21BrCl2N2O6. The van der Waals surface area contributed by atoms with Crippen LogP contribution < -0.4 is 4.74 Å². The number of carbonyl (C=O) groups excluding carboxylic acids is 4. The Morgan fingerprint density at radius 2 is 1.85 bits per heavy atom. The normalized spacial score (nSPS) is 36.9. The van der Waals surface area contributed by atoms with Crippen molar-refractivity contribution in [3.63, 3.8) is 0 Å². The number of amides is 4. The van der Waals surface area contributed by atoms with Crippen LogP contribution in [-0.2, 0) is 19.2 Å². The number of carbonyl (C=O) groups is 4. The second kappa shape index (κ2) is 7.70. The summed E-state index contributed by atoms with van der Waals surface area (Å²) in [6.45, 7) is 0. The van der Waals surface area contributed by atoms with Gasteiger partial charge in [-0.25, -0.2) is 0 Å². The smallest absolute Gasteiger partial charge is 0.254 e. The van der Waals surface area contributed by atoms with Crippen LogP contribution in [0, 0.1) is 17.8 Å². The van der Waals surface area contributed by atoms with Crippen molar-refractivity contribution in [2.24, 2.45) is 17.8 Å². The van der Waals surface area contributed by atoms with Gasteiger partial charge in [-0.05, 0) is 24.8 Å². The standard InChI is InChI=1S/C23H21BrCl2N2O6/c1-27-18(30)13-6-5-11-14(16(13)19(27)31)8-22(25)20(32)28(9-24)21(33)23(22,26)17(11)12-4-3-10(29)7-15(12)34-2/h3-5,7,13-14,16-17,29H,6,8-9H2,1-2H3. The first-order valence-corrected chi connectivity index (χ1v) is 12.6. The average Bonchev–Trinajstić information content (AvgIpc) is 3.12. The lowest BCUT2D eigenvalue weighted by Gasteiger charge is -2.50. The molecule has 11 heteroatoms. The van der Waals surface area contributed by atoms with Gasteiger partial charge in [-0.3, -0.25) is 29.0 Å². The molecule has 5 rings (SSSR count). The molecule has 1 aromatic rings. The van der Waals surface area contributed by atoms with E-state index in [1.54, 1.807) is 6.07 Å². The Labute approximate surface area is 213 Å². The van der Waals surface area contributed by atoms with Crippen LogP contribution in [0.25, 0.3) is 0 Å². The van der Waals surface area contributed by atoms with Crippen LogP contribution in [-0.4, -0.2) is 67.9 Å². The van der Waals surface area contributed by atoms with E-state index in [1.807, 2.05) is 6.08 Å². The number of hydrogen-bond donors (Lipinski definition) is 1. The third-order valence-electron chi connectivity index (χ3n) is 7.76. The topological polar surface area (TPSA) is 104 Å². The van der Waals surface area contributed by atoms with E-state index in [2.05, 4.69) is 15.9 Å². The van der Waals surface area contributed by atoms with Crippen LogP contribution in [0.2, 0.25) is 0 Å². The third-order valence-corrected chi connectivity index (χ3v) is 9.68. The molecule has 6 atom stereocenters. The van der Waals surface area contributed by atoms with Crippen LogP contribution in [0.15, 0.2) is 29.8 Å². The summed E-state index contributed by atoms with van der Waals surface area (Å²) in [6, 6.07) is 4.41. The third kappa shape index (κ3) is 2.72. The molecule has 0 aromatic heterocycles. The molecule has 8 nitrogen and oxygen atoms in total. The van der Waals surface area contributed by atoms with Crippen molar-refractivity contribution in [1.82, 2.24) is 9.80 Å². The molecule has 180 valence electrons. The maximum atomic E-state index is 13.6. The Kier molecular flexibility index (Phi) is 5.35. The fourth-order valence-corrected chi connectivity index (χ4v) is 7.61. The predicted molar refractivity (Wildman–Crippen MR) is 126 cm³/mol. The van der Waals surface area contributed by atoms with Crippen molar-refractivity contribution in [3.05, 3.63) is 35.4 Å². The second-order valence-corrected chi connectivity index (χ2v) is 10.9. The zero-order valence-corrected chi connectivity index (χ0v) is 21.4. The molecular weight excluding hydrogens is 551 g/mol. The number of phenolic OH excluding ortho intramolecular Hbond substituents is 1. The number of aromatic hydroxyl groups is 1. The quantitative estimate of drug-likeness (QED) is 0.259. The molecule has 3 fully saturated rings. The Morgan fingerprint density at radius 3 is 2.50 bits per heavy atom. The number of methoxy groups -OCH3 is 1. The van der Waals surface area contributed by atoms with Crippen molar-refractivity contribution in [2.45, 2.75) is 28.5 Å². The minimum absolute atomic E-state index is 0.0551. The molecule has 34 heavy (non-hydrogen) atoms. The van der Waals surface area contributed by atoms with E-state index in [0.717, 1.165) is 9.80 Å². The van der Waals surface area contributed by atoms with Crippen LogP contribution in [0.3, 0.4) is 0 Å². The van der Waals surface area contributed by atoms with E-state index in [1.165, 1.54) is 26.3 Å². The highest BCUT2D eigenvalue weighted by molar-refractivity contribution is 9.09. The van der Waals surface area contributed by atoms with Crippen molar-refractivity contribution < 1.29 is 29.0 Å². The van der Waals surface area contributed by atoms with Gasteiger partial charge in [0, 0.05) is 24.6 Å². The van der Waals surface area contributed by atoms with Crippen LogP contribution in [0.4, 0.5) is 0 Å². The van der Waals surface area contributed by atoms with E-state index < -0.39 is 45.2 Å². The Morgan fingerprint density at radius 1 is 1.15 bits per heavy atom. The lowest BCUT2D eigenvalue weighted by Crippen LogP contribution is -2.60. The van der Waals surface area contributed by atoms with Gasteiger partial charge in [-0.1, -0.05) is 33.6 Å². The minimum Gasteiger partial charge on any atom is -0.508 e. The molecule has 2 heterocycles. The summed E-state index contributed by atoms with van der Waals surface area (Å²) in [5.41, 5.74) is 1.03. The number of nitrogens with zero attached hydrogens (tertiary/aromatic N) is 2. The van der Waals surface area contributed by atoms with Crippen molar-refractivity contribution in [2.75, 3.05) is 19.6 Å². The number of likely N-dealkylation sites (tertiary alicyclic amines) is 2. The highest BCUT2D eigenvalue weighted by Crippen LogP contribution is 2.66. The SMILES string of the molecule is COc1cc(O)ccc1C1C2=CCC3C(=O)N(C)C(=O)C3C2CC2(Cl)C(=O)N(CBr)C(=O)C12Cl. The van der Waals surface area contributed by atoms with E-state index in [-0.39, 0.29) is 35.2 Å². The number of allylic oxidation sites excluding steroid dienone is 2. The van der Waals surface area contributed by atoms with E-state index in [9.17, 15) is 24.3 Å². The predicted octanol–water partition coefficient (Wildman–Crippen LogP) is 2.74. The fourth-order valence-electron chi connectivity index (χ4n) is 6.19. The second-order valence-electron chi connectivity index (χ2n) is 9.15. The Hall–Kier alpha value is -2.10. The first-order chi connectivity index (χ1) is 16.0. The highest BCUT2D eigenvalue weighted by Gasteiger charge is 2.76. The van der Waals surface area contributed by atoms with Gasteiger partial charge in [0.1, 0.15) is 11.5 Å². The van der Waals surface area contributed by atoms with E-state index in [4.69, 9.17) is 27.9 Å². The lowest BCUT2D eigenvalue weighted by molar-refractivity contribution is -0.140. The van der Waals surface area contributed by atoms with Gasteiger partial charge < -0.3 is 9.84 Å². The van der Waals surface area contributed by atoms with Crippen LogP contribution >= 0.6 is 39.1 Å². The number of phenols is 1. The maximum absolute atomic E-state index is 13.6. The summed E-state index contributed by atoms with van der Waals surface area (Å²) < 4.78 is 5.51. The lowest BCUT2D eigenvalue weighted by atomic mass is 9.56. The first kappa shape index (κ1) is 23.6. The monoisotopic (exact) mass is 570 g/mol. The zero-order valence-electron chi connectivity index (χ0n) is 18.3. The Balaban J connectivity index is 1.78. The fraction of sp³-hybridized carbons (Fsp3) is 0.478. The van der Waals surface area contributed by atoms with E-state index in [0.29, 0.717) is 17.6 Å². The summed E-state index contributed by atoms with van der Waals surface area (Å²) in [6.07, 6.45) is 2.08. The highest BCUT2D eigenvalue weighted by atomic mass is 79.9. The molecule has 1 N–H and O–H groups in total. The van der Waals surface area contributed by atoms with Crippen molar-refractivity contribution in [1.29, 1.82) is 0 Å². The zero-order chi connectivity index (χ0) is 24.7. The summed E-state index contributed by atoms with van der Waals surface area (Å²) in [4.78, 5) is 51.3. The molecule has 4 amide bonds.